The molecule has 1 atom stereocenters. The van der Waals surface area contributed by atoms with E-state index in [2.05, 4.69) is 10.4 Å². The van der Waals surface area contributed by atoms with E-state index in [-0.39, 0.29) is 6.04 Å². The molecule has 1 heterocycles. The molecule has 1 aromatic rings. The van der Waals surface area contributed by atoms with Crippen LogP contribution in [0.4, 0.5) is 5.82 Å². The first-order valence-electron chi connectivity index (χ1n) is 5.12. The Labute approximate surface area is 90.6 Å². The molecule has 0 aliphatic heterocycles. The Hall–Kier alpha value is -1.07. The molecule has 0 radical (unpaired) electrons. The Bertz CT molecular complexity index is 298. The SMILES string of the molecule is COCCC(N)CNc1cc(C)nn1C. The summed E-state index contributed by atoms with van der Waals surface area (Å²) in [5.41, 5.74) is 6.90. The average Bonchev–Trinajstić information content (AvgIpc) is 2.51. The van der Waals surface area contributed by atoms with Gasteiger partial charge in [0.25, 0.3) is 0 Å². The third-order valence-corrected chi connectivity index (χ3v) is 2.24. The molecule has 0 saturated carbocycles. The zero-order valence-corrected chi connectivity index (χ0v) is 9.66. The molecule has 0 fully saturated rings. The predicted octanol–water partition coefficient (Wildman–Crippen LogP) is 0.504. The van der Waals surface area contributed by atoms with E-state index in [4.69, 9.17) is 10.5 Å². The monoisotopic (exact) mass is 212 g/mol. The van der Waals surface area contributed by atoms with E-state index in [1.54, 1.807) is 7.11 Å². The second kappa shape index (κ2) is 5.72. The summed E-state index contributed by atoms with van der Waals surface area (Å²) in [4.78, 5) is 0. The fourth-order valence-electron chi connectivity index (χ4n) is 1.38. The van der Waals surface area contributed by atoms with Gasteiger partial charge in [-0.1, -0.05) is 0 Å². The summed E-state index contributed by atoms with van der Waals surface area (Å²) in [5.74, 6) is 1.00. The highest BCUT2D eigenvalue weighted by Crippen LogP contribution is 2.07. The quantitative estimate of drug-likeness (QED) is 0.721. The highest BCUT2D eigenvalue weighted by atomic mass is 16.5. The van der Waals surface area contributed by atoms with Crippen molar-refractivity contribution < 1.29 is 4.74 Å². The number of hydrogen-bond donors (Lipinski definition) is 2. The van der Waals surface area contributed by atoms with Gasteiger partial charge >= 0.3 is 0 Å². The first-order valence-corrected chi connectivity index (χ1v) is 5.12. The number of methoxy groups -OCH3 is 1. The summed E-state index contributed by atoms with van der Waals surface area (Å²) in [6.45, 7) is 3.41. The largest absolute Gasteiger partial charge is 0.385 e. The number of nitrogens with zero attached hydrogens (tertiary/aromatic N) is 2. The smallest absolute Gasteiger partial charge is 0.124 e. The number of aryl methyl sites for hydroxylation is 2. The lowest BCUT2D eigenvalue weighted by Crippen LogP contribution is -2.30. The molecule has 0 spiro atoms. The molecular weight excluding hydrogens is 192 g/mol. The molecule has 5 heteroatoms. The zero-order chi connectivity index (χ0) is 11.3. The maximum Gasteiger partial charge on any atom is 0.124 e. The number of ether oxygens (including phenoxy) is 1. The number of aromatic nitrogens is 2. The minimum Gasteiger partial charge on any atom is -0.385 e. The molecule has 86 valence electrons. The van der Waals surface area contributed by atoms with Crippen LogP contribution in [0, 0.1) is 6.92 Å². The van der Waals surface area contributed by atoms with Crippen molar-refractivity contribution >= 4 is 5.82 Å². The topological polar surface area (TPSA) is 65.1 Å². The van der Waals surface area contributed by atoms with Gasteiger partial charge in [-0.05, 0) is 13.3 Å². The van der Waals surface area contributed by atoms with Gasteiger partial charge < -0.3 is 15.8 Å². The lowest BCUT2D eigenvalue weighted by Gasteiger charge is -2.12. The second-order valence-corrected chi connectivity index (χ2v) is 3.72. The van der Waals surface area contributed by atoms with Gasteiger partial charge in [0, 0.05) is 39.4 Å². The summed E-state index contributed by atoms with van der Waals surface area (Å²) in [5, 5.41) is 7.50. The summed E-state index contributed by atoms with van der Waals surface area (Å²) in [6, 6.07) is 2.11. The van der Waals surface area contributed by atoms with Crippen molar-refractivity contribution in [2.45, 2.75) is 19.4 Å². The van der Waals surface area contributed by atoms with Crippen molar-refractivity contribution in [2.75, 3.05) is 25.6 Å². The van der Waals surface area contributed by atoms with Gasteiger partial charge in [0.2, 0.25) is 0 Å². The Morgan fingerprint density at radius 1 is 1.67 bits per heavy atom. The molecule has 5 nitrogen and oxygen atoms in total. The van der Waals surface area contributed by atoms with E-state index in [0.717, 1.165) is 24.5 Å². The van der Waals surface area contributed by atoms with Crippen molar-refractivity contribution in [3.63, 3.8) is 0 Å². The van der Waals surface area contributed by atoms with Crippen LogP contribution in [0.15, 0.2) is 6.07 Å². The van der Waals surface area contributed by atoms with Gasteiger partial charge in [0.1, 0.15) is 5.82 Å². The van der Waals surface area contributed by atoms with Gasteiger partial charge in [0.05, 0.1) is 5.69 Å². The van der Waals surface area contributed by atoms with Crippen LogP contribution in [-0.4, -0.2) is 36.1 Å². The maximum atomic E-state index is 5.89. The van der Waals surface area contributed by atoms with Crippen molar-refractivity contribution in [3.8, 4) is 0 Å². The van der Waals surface area contributed by atoms with Crippen LogP contribution in [0.5, 0.6) is 0 Å². The lowest BCUT2D eigenvalue weighted by molar-refractivity contribution is 0.189. The van der Waals surface area contributed by atoms with E-state index < -0.39 is 0 Å². The third-order valence-electron chi connectivity index (χ3n) is 2.24. The standard InChI is InChI=1S/C10H20N4O/c1-8-6-10(14(2)13-8)12-7-9(11)4-5-15-3/h6,9,12H,4-5,7,11H2,1-3H3. The molecule has 0 aliphatic carbocycles. The summed E-state index contributed by atoms with van der Waals surface area (Å²) < 4.78 is 6.78. The van der Waals surface area contributed by atoms with Crippen LogP contribution in [0.2, 0.25) is 0 Å². The van der Waals surface area contributed by atoms with E-state index in [9.17, 15) is 0 Å². The van der Waals surface area contributed by atoms with Gasteiger partial charge in [-0.3, -0.25) is 4.68 Å². The zero-order valence-electron chi connectivity index (χ0n) is 9.66. The summed E-state index contributed by atoms with van der Waals surface area (Å²) in [7, 11) is 3.60. The molecule has 0 amide bonds. The van der Waals surface area contributed by atoms with Crippen LogP contribution in [0.3, 0.4) is 0 Å². The molecule has 3 N–H and O–H groups in total. The van der Waals surface area contributed by atoms with Gasteiger partial charge in [-0.15, -0.1) is 0 Å². The lowest BCUT2D eigenvalue weighted by atomic mass is 10.2. The van der Waals surface area contributed by atoms with Crippen LogP contribution >= 0.6 is 0 Å². The minimum atomic E-state index is 0.111. The number of hydrogen-bond acceptors (Lipinski definition) is 4. The Kier molecular flexibility index (Phi) is 4.58. The second-order valence-electron chi connectivity index (χ2n) is 3.72. The molecule has 0 saturated heterocycles. The first kappa shape index (κ1) is 12.0. The van der Waals surface area contributed by atoms with E-state index in [0.29, 0.717) is 6.61 Å². The molecule has 15 heavy (non-hydrogen) atoms. The maximum absolute atomic E-state index is 5.89. The molecule has 1 unspecified atom stereocenters. The highest BCUT2D eigenvalue weighted by molar-refractivity contribution is 5.36. The fraction of sp³-hybridized carbons (Fsp3) is 0.700. The molecule has 1 aromatic heterocycles. The van der Waals surface area contributed by atoms with Crippen molar-refractivity contribution in [1.29, 1.82) is 0 Å². The van der Waals surface area contributed by atoms with Crippen molar-refractivity contribution in [1.82, 2.24) is 9.78 Å². The average molecular weight is 212 g/mol. The van der Waals surface area contributed by atoms with E-state index >= 15 is 0 Å². The summed E-state index contributed by atoms with van der Waals surface area (Å²) in [6.07, 6.45) is 0.861. The van der Waals surface area contributed by atoms with Crippen LogP contribution in [0.1, 0.15) is 12.1 Å². The van der Waals surface area contributed by atoms with Crippen LogP contribution in [0.25, 0.3) is 0 Å². The Balaban J connectivity index is 2.33. The van der Waals surface area contributed by atoms with Crippen molar-refractivity contribution in [3.05, 3.63) is 11.8 Å². The number of nitrogens with one attached hydrogen (secondary N) is 1. The number of anilines is 1. The highest BCUT2D eigenvalue weighted by Gasteiger charge is 2.04. The van der Waals surface area contributed by atoms with Crippen LogP contribution in [-0.2, 0) is 11.8 Å². The first-order chi connectivity index (χ1) is 7.13. The van der Waals surface area contributed by atoms with Crippen LogP contribution < -0.4 is 11.1 Å². The third kappa shape index (κ3) is 3.89. The minimum absolute atomic E-state index is 0.111. The summed E-state index contributed by atoms with van der Waals surface area (Å²) >= 11 is 0. The fourth-order valence-corrected chi connectivity index (χ4v) is 1.38. The normalized spacial score (nSPS) is 12.8. The van der Waals surface area contributed by atoms with Crippen molar-refractivity contribution in [2.24, 2.45) is 12.8 Å². The Morgan fingerprint density at radius 2 is 2.40 bits per heavy atom. The Morgan fingerprint density at radius 3 is 2.93 bits per heavy atom. The molecule has 1 rings (SSSR count). The number of nitrogens with two attached hydrogens (primary N) is 1. The molecule has 0 aliphatic rings. The number of rotatable bonds is 6. The van der Waals surface area contributed by atoms with Gasteiger partial charge in [-0.25, -0.2) is 0 Å². The molecule has 0 aromatic carbocycles. The van der Waals surface area contributed by atoms with E-state index in [1.165, 1.54) is 0 Å². The molecule has 0 bridgehead atoms. The van der Waals surface area contributed by atoms with E-state index in [1.807, 2.05) is 24.7 Å². The molecular formula is C10H20N4O. The predicted molar refractivity (Wildman–Crippen MR) is 60.9 cm³/mol. The van der Waals surface area contributed by atoms with Gasteiger partial charge in [0.15, 0.2) is 0 Å². The van der Waals surface area contributed by atoms with Gasteiger partial charge in [-0.2, -0.15) is 5.10 Å².